The highest BCUT2D eigenvalue weighted by atomic mass is 32.1. The molecule has 0 aliphatic heterocycles. The number of nitrogens with zero attached hydrogens (tertiary/aromatic N) is 2. The van der Waals surface area contributed by atoms with Crippen molar-refractivity contribution >= 4 is 22.6 Å². The van der Waals surface area contributed by atoms with Gasteiger partial charge in [-0.1, -0.05) is 51.1 Å². The molecule has 0 N–H and O–H groups in total. The molecule has 31 heavy (non-hydrogen) atoms. The third-order valence-corrected chi connectivity index (χ3v) is 7.20. The summed E-state index contributed by atoms with van der Waals surface area (Å²) in [6.45, 7) is 7.49. The van der Waals surface area contributed by atoms with Gasteiger partial charge in [0, 0.05) is 11.1 Å². The Morgan fingerprint density at radius 2 is 1.87 bits per heavy atom. The van der Waals surface area contributed by atoms with Gasteiger partial charge in [-0.25, -0.2) is 4.99 Å². The number of ether oxygens (including phenoxy) is 1. The van der Waals surface area contributed by atoms with Gasteiger partial charge in [-0.3, -0.25) is 0 Å². The Hall–Kier alpha value is -2.90. The first-order valence-corrected chi connectivity index (χ1v) is 11.6. The summed E-state index contributed by atoms with van der Waals surface area (Å²) in [5.41, 5.74) is 4.43. The molecule has 2 aromatic carbocycles. The molecule has 0 saturated carbocycles. The summed E-state index contributed by atoms with van der Waals surface area (Å²) in [6, 6.07) is 20.5. The normalized spacial score (nSPS) is 16.1. The maximum Gasteiger partial charge on any atom is 0.134 e. The Morgan fingerprint density at radius 3 is 2.55 bits per heavy atom. The molecule has 0 unspecified atom stereocenters. The first-order valence-electron chi connectivity index (χ1n) is 10.8. The molecular weight excluding hydrogens is 400 g/mol. The number of thiophene rings is 1. The molecule has 1 aliphatic carbocycles. The molecular formula is C27H28N2OS. The Kier molecular flexibility index (Phi) is 6.25. The second-order valence-electron chi connectivity index (χ2n) is 9.20. The van der Waals surface area contributed by atoms with Crippen LogP contribution in [0.5, 0.6) is 5.75 Å². The van der Waals surface area contributed by atoms with E-state index < -0.39 is 0 Å². The van der Waals surface area contributed by atoms with Crippen molar-refractivity contribution in [3.8, 4) is 11.8 Å². The predicted molar refractivity (Wildman–Crippen MR) is 128 cm³/mol. The van der Waals surface area contributed by atoms with E-state index in [1.54, 1.807) is 11.3 Å². The zero-order valence-electron chi connectivity index (χ0n) is 18.4. The second kappa shape index (κ2) is 9.08. The largest absolute Gasteiger partial charge is 0.489 e. The lowest BCUT2D eigenvalue weighted by Crippen LogP contribution is -2.26. The number of hydrogen-bond donors (Lipinski definition) is 0. The standard InChI is InChI=1S/C27H28N2OS/c1-27(2,3)21-11-14-23-24(16-28)26(31-25(23)15-21)29-17-19-9-12-22(13-10-19)30-18-20-7-5-4-6-8-20/h4-10,12-13,17,21H,11,14-15,18H2,1-3H3/t21-/m0/s1. The summed E-state index contributed by atoms with van der Waals surface area (Å²) in [5.74, 6) is 1.49. The first-order chi connectivity index (χ1) is 14.9. The van der Waals surface area contributed by atoms with E-state index >= 15 is 0 Å². The fourth-order valence-electron chi connectivity index (χ4n) is 4.04. The molecule has 3 nitrogen and oxygen atoms in total. The number of nitriles is 1. The van der Waals surface area contributed by atoms with Crippen molar-refractivity contribution in [3.05, 3.63) is 81.7 Å². The SMILES string of the molecule is CC(C)(C)[C@H]1CCc2c(sc(N=Cc3ccc(OCc4ccccc4)cc3)c2C#N)C1. The van der Waals surface area contributed by atoms with Crippen molar-refractivity contribution in [1.82, 2.24) is 0 Å². The van der Waals surface area contributed by atoms with E-state index in [0.717, 1.165) is 46.7 Å². The van der Waals surface area contributed by atoms with Crippen LogP contribution in [0.4, 0.5) is 5.00 Å². The van der Waals surface area contributed by atoms with E-state index in [0.29, 0.717) is 17.9 Å². The third-order valence-electron chi connectivity index (χ3n) is 6.04. The molecule has 1 aliphatic rings. The summed E-state index contributed by atoms with van der Waals surface area (Å²) in [5, 5.41) is 10.6. The topological polar surface area (TPSA) is 45.4 Å². The van der Waals surface area contributed by atoms with Gasteiger partial charge in [0.2, 0.25) is 0 Å². The van der Waals surface area contributed by atoms with Gasteiger partial charge in [-0.05, 0) is 71.6 Å². The van der Waals surface area contributed by atoms with Gasteiger partial charge >= 0.3 is 0 Å². The van der Waals surface area contributed by atoms with Crippen LogP contribution < -0.4 is 4.74 Å². The molecule has 4 heteroatoms. The monoisotopic (exact) mass is 428 g/mol. The Labute approximate surface area is 189 Å². The minimum absolute atomic E-state index is 0.294. The predicted octanol–water partition coefficient (Wildman–Crippen LogP) is 7.10. The molecule has 0 radical (unpaired) electrons. The summed E-state index contributed by atoms with van der Waals surface area (Å²) >= 11 is 1.69. The van der Waals surface area contributed by atoms with Crippen LogP contribution in [0.3, 0.4) is 0 Å². The van der Waals surface area contributed by atoms with Crippen molar-refractivity contribution in [3.63, 3.8) is 0 Å². The lowest BCUT2D eigenvalue weighted by Gasteiger charge is -2.33. The van der Waals surface area contributed by atoms with Crippen LogP contribution in [0.15, 0.2) is 59.6 Å². The maximum absolute atomic E-state index is 9.74. The van der Waals surface area contributed by atoms with E-state index in [4.69, 9.17) is 9.73 Å². The van der Waals surface area contributed by atoms with Crippen LogP contribution >= 0.6 is 11.3 Å². The number of hydrogen-bond acceptors (Lipinski definition) is 4. The average Bonchev–Trinajstić information content (AvgIpc) is 3.14. The van der Waals surface area contributed by atoms with E-state index in [-0.39, 0.29) is 0 Å². The highest BCUT2D eigenvalue weighted by molar-refractivity contribution is 7.16. The molecule has 0 amide bonds. The molecule has 4 rings (SSSR count). The lowest BCUT2D eigenvalue weighted by molar-refractivity contribution is 0.218. The molecule has 0 fully saturated rings. The van der Waals surface area contributed by atoms with E-state index in [2.05, 4.69) is 39.0 Å². The van der Waals surface area contributed by atoms with Crippen molar-refractivity contribution in [2.75, 3.05) is 0 Å². The second-order valence-corrected chi connectivity index (χ2v) is 10.3. The van der Waals surface area contributed by atoms with Gasteiger partial charge in [0.05, 0.1) is 5.56 Å². The van der Waals surface area contributed by atoms with Gasteiger partial charge in [0.15, 0.2) is 0 Å². The number of rotatable bonds is 5. The summed E-state index contributed by atoms with van der Waals surface area (Å²) < 4.78 is 5.85. The Morgan fingerprint density at radius 1 is 1.13 bits per heavy atom. The minimum atomic E-state index is 0.294. The highest BCUT2D eigenvalue weighted by Gasteiger charge is 2.32. The Balaban J connectivity index is 1.45. The van der Waals surface area contributed by atoms with Crippen LogP contribution in [0.2, 0.25) is 0 Å². The lowest BCUT2D eigenvalue weighted by atomic mass is 9.72. The molecule has 1 aromatic heterocycles. The first kappa shape index (κ1) is 21.3. The number of aliphatic imine (C=N–C) groups is 1. The summed E-state index contributed by atoms with van der Waals surface area (Å²) in [6.07, 6.45) is 5.04. The molecule has 1 atom stereocenters. The fraction of sp³-hybridized carbons (Fsp3) is 0.333. The highest BCUT2D eigenvalue weighted by Crippen LogP contribution is 2.44. The van der Waals surface area contributed by atoms with Gasteiger partial charge in [0.25, 0.3) is 0 Å². The van der Waals surface area contributed by atoms with Crippen molar-refractivity contribution in [2.45, 2.75) is 46.6 Å². The van der Waals surface area contributed by atoms with E-state index in [1.165, 1.54) is 10.4 Å². The van der Waals surface area contributed by atoms with Crippen LogP contribution in [0.1, 0.15) is 54.3 Å². The number of benzene rings is 2. The summed E-state index contributed by atoms with van der Waals surface area (Å²) in [4.78, 5) is 6.04. The zero-order valence-corrected chi connectivity index (χ0v) is 19.2. The molecule has 0 bridgehead atoms. The van der Waals surface area contributed by atoms with Crippen molar-refractivity contribution in [2.24, 2.45) is 16.3 Å². The maximum atomic E-state index is 9.74. The van der Waals surface area contributed by atoms with Crippen LogP contribution in [0.25, 0.3) is 0 Å². The quantitative estimate of drug-likeness (QED) is 0.407. The average molecular weight is 429 g/mol. The van der Waals surface area contributed by atoms with E-state index in [1.807, 2.05) is 48.7 Å². The van der Waals surface area contributed by atoms with Crippen LogP contribution in [-0.4, -0.2) is 6.21 Å². The smallest absolute Gasteiger partial charge is 0.134 e. The zero-order chi connectivity index (χ0) is 21.8. The van der Waals surface area contributed by atoms with Gasteiger partial charge in [-0.15, -0.1) is 11.3 Å². The molecule has 0 saturated heterocycles. The van der Waals surface area contributed by atoms with Crippen LogP contribution in [-0.2, 0) is 19.4 Å². The number of fused-ring (bicyclic) bond motifs is 1. The third kappa shape index (κ3) is 5.06. The van der Waals surface area contributed by atoms with Gasteiger partial charge < -0.3 is 4.74 Å². The van der Waals surface area contributed by atoms with Crippen LogP contribution in [0, 0.1) is 22.7 Å². The van der Waals surface area contributed by atoms with Crippen molar-refractivity contribution < 1.29 is 4.74 Å². The Bertz CT molecular complexity index is 1100. The van der Waals surface area contributed by atoms with Crippen molar-refractivity contribution in [1.29, 1.82) is 5.26 Å². The molecule has 3 aromatic rings. The van der Waals surface area contributed by atoms with E-state index in [9.17, 15) is 5.26 Å². The van der Waals surface area contributed by atoms with Gasteiger partial charge in [-0.2, -0.15) is 5.26 Å². The minimum Gasteiger partial charge on any atom is -0.489 e. The molecule has 0 spiro atoms. The fourth-order valence-corrected chi connectivity index (χ4v) is 5.26. The molecule has 1 heterocycles. The summed E-state index contributed by atoms with van der Waals surface area (Å²) in [7, 11) is 0. The van der Waals surface area contributed by atoms with Gasteiger partial charge in [0.1, 0.15) is 23.4 Å². The molecule has 158 valence electrons.